The maximum Gasteiger partial charge on any atom is 0.339 e. The lowest BCUT2D eigenvalue weighted by molar-refractivity contribution is -0.126. The molecule has 5 nitrogen and oxygen atoms in total. The second kappa shape index (κ2) is 8.85. The summed E-state index contributed by atoms with van der Waals surface area (Å²) in [5, 5.41) is 9.38. The Morgan fingerprint density at radius 2 is 1.48 bits per heavy atom. The summed E-state index contributed by atoms with van der Waals surface area (Å²) in [6, 6.07) is 25.2. The molecule has 144 valence electrons. The van der Waals surface area contributed by atoms with Crippen LogP contribution in [0.15, 0.2) is 78.9 Å². The molecule has 5 heteroatoms. The van der Waals surface area contributed by atoms with Crippen LogP contribution in [-0.2, 0) is 9.53 Å². The van der Waals surface area contributed by atoms with Gasteiger partial charge in [0.25, 0.3) is 5.91 Å². The van der Waals surface area contributed by atoms with E-state index < -0.39 is 12.1 Å². The zero-order chi connectivity index (χ0) is 20.8. The van der Waals surface area contributed by atoms with E-state index in [9.17, 15) is 14.9 Å². The predicted octanol–water partition coefficient (Wildman–Crippen LogP) is 4.43. The van der Waals surface area contributed by atoms with E-state index in [4.69, 9.17) is 4.74 Å². The van der Waals surface area contributed by atoms with E-state index in [-0.39, 0.29) is 5.91 Å². The minimum absolute atomic E-state index is 0.303. The molecule has 3 aromatic carbocycles. The number of carbonyl (C=O) groups is 2. The van der Waals surface area contributed by atoms with Crippen LogP contribution >= 0.6 is 0 Å². The molecule has 3 aromatic rings. The fourth-order valence-corrected chi connectivity index (χ4v) is 3.04. The maximum atomic E-state index is 12.8. The van der Waals surface area contributed by atoms with Crippen LogP contribution in [0.25, 0.3) is 11.1 Å². The first-order valence-electron chi connectivity index (χ1n) is 9.15. The summed E-state index contributed by atoms with van der Waals surface area (Å²) in [7, 11) is 1.64. The van der Waals surface area contributed by atoms with Crippen LogP contribution in [0.5, 0.6) is 0 Å². The van der Waals surface area contributed by atoms with Gasteiger partial charge in [0.1, 0.15) is 0 Å². The highest BCUT2D eigenvalue weighted by atomic mass is 16.5. The van der Waals surface area contributed by atoms with Gasteiger partial charge < -0.3 is 9.64 Å². The topological polar surface area (TPSA) is 70.4 Å². The fourth-order valence-electron chi connectivity index (χ4n) is 3.04. The summed E-state index contributed by atoms with van der Waals surface area (Å²) in [5.74, 6) is -0.949. The summed E-state index contributed by atoms with van der Waals surface area (Å²) < 4.78 is 5.46. The normalized spacial score (nSPS) is 11.2. The average molecular weight is 384 g/mol. The van der Waals surface area contributed by atoms with E-state index in [0.717, 1.165) is 0 Å². The Hall–Kier alpha value is -3.91. The third-order valence-electron chi connectivity index (χ3n) is 4.59. The second-order valence-electron chi connectivity index (χ2n) is 6.48. The van der Waals surface area contributed by atoms with Crippen molar-refractivity contribution in [2.45, 2.75) is 13.0 Å². The second-order valence-corrected chi connectivity index (χ2v) is 6.48. The Labute approximate surface area is 169 Å². The fraction of sp³-hybridized carbons (Fsp3) is 0.125. The Morgan fingerprint density at radius 3 is 2.17 bits per heavy atom. The molecule has 0 N–H and O–H groups in total. The first kappa shape index (κ1) is 19.8. The summed E-state index contributed by atoms with van der Waals surface area (Å²) in [6.07, 6.45) is -0.966. The number of carbonyl (C=O) groups excluding carboxylic acids is 2. The molecule has 3 rings (SSSR count). The molecule has 0 aromatic heterocycles. The molecule has 0 bridgehead atoms. The van der Waals surface area contributed by atoms with Crippen molar-refractivity contribution in [3.05, 3.63) is 90.0 Å². The number of esters is 1. The van der Waals surface area contributed by atoms with Crippen LogP contribution in [0.1, 0.15) is 22.8 Å². The van der Waals surface area contributed by atoms with Crippen molar-refractivity contribution in [1.29, 1.82) is 5.26 Å². The molecule has 0 saturated carbocycles. The van der Waals surface area contributed by atoms with Crippen LogP contribution in [-0.4, -0.2) is 25.0 Å². The highest BCUT2D eigenvalue weighted by Crippen LogP contribution is 2.27. The van der Waals surface area contributed by atoms with Gasteiger partial charge in [0.2, 0.25) is 0 Å². The zero-order valence-electron chi connectivity index (χ0n) is 16.2. The molecule has 0 unspecified atom stereocenters. The van der Waals surface area contributed by atoms with Crippen molar-refractivity contribution >= 4 is 17.6 Å². The number of likely N-dealkylation sites (N-methyl/N-ethyl adjacent to an activating group) is 1. The monoisotopic (exact) mass is 384 g/mol. The van der Waals surface area contributed by atoms with E-state index in [0.29, 0.717) is 27.9 Å². The molecule has 0 fully saturated rings. The molecule has 0 aliphatic rings. The van der Waals surface area contributed by atoms with Gasteiger partial charge in [-0.25, -0.2) is 4.79 Å². The van der Waals surface area contributed by atoms with E-state index >= 15 is 0 Å². The molecule has 29 heavy (non-hydrogen) atoms. The van der Waals surface area contributed by atoms with Crippen molar-refractivity contribution < 1.29 is 14.3 Å². The molecule has 0 aliphatic carbocycles. The molecular weight excluding hydrogens is 364 g/mol. The lowest BCUT2D eigenvalue weighted by atomic mass is 9.96. The number of anilines is 1. The molecule has 0 aliphatic heterocycles. The minimum Gasteiger partial charge on any atom is -0.449 e. The number of nitrogens with zero attached hydrogens (tertiary/aromatic N) is 2. The smallest absolute Gasteiger partial charge is 0.339 e. The van der Waals surface area contributed by atoms with E-state index in [1.165, 1.54) is 4.90 Å². The average Bonchev–Trinajstić information content (AvgIpc) is 2.78. The molecule has 0 radical (unpaired) electrons. The lowest BCUT2D eigenvalue weighted by Crippen LogP contribution is -2.37. The quantitative estimate of drug-likeness (QED) is 0.610. The number of rotatable bonds is 5. The summed E-state index contributed by atoms with van der Waals surface area (Å²) in [5.41, 5.74) is 2.70. The van der Waals surface area contributed by atoms with Crippen molar-refractivity contribution in [1.82, 2.24) is 0 Å². The molecule has 1 amide bonds. The number of benzene rings is 3. The van der Waals surface area contributed by atoms with Crippen LogP contribution < -0.4 is 4.90 Å². The number of amides is 1. The lowest BCUT2D eigenvalue weighted by Gasteiger charge is -2.22. The first-order chi connectivity index (χ1) is 14.0. The Kier molecular flexibility index (Phi) is 6.06. The summed E-state index contributed by atoms with van der Waals surface area (Å²) >= 11 is 0. The maximum absolute atomic E-state index is 12.8. The summed E-state index contributed by atoms with van der Waals surface area (Å²) in [6.45, 7) is 1.55. The van der Waals surface area contributed by atoms with Crippen molar-refractivity contribution in [2.75, 3.05) is 11.9 Å². The van der Waals surface area contributed by atoms with Gasteiger partial charge in [-0.15, -0.1) is 0 Å². The van der Waals surface area contributed by atoms with Crippen LogP contribution in [0.3, 0.4) is 0 Å². The summed E-state index contributed by atoms with van der Waals surface area (Å²) in [4.78, 5) is 27.0. The third-order valence-corrected chi connectivity index (χ3v) is 4.59. The number of para-hydroxylation sites is 1. The van der Waals surface area contributed by atoms with Gasteiger partial charge in [0, 0.05) is 18.3 Å². The molecule has 0 spiro atoms. The largest absolute Gasteiger partial charge is 0.449 e. The van der Waals surface area contributed by atoms with E-state index in [1.54, 1.807) is 74.6 Å². The number of hydrogen-bond acceptors (Lipinski definition) is 4. The Morgan fingerprint density at radius 1 is 0.897 bits per heavy atom. The molecule has 0 saturated heterocycles. The van der Waals surface area contributed by atoms with E-state index in [1.807, 2.05) is 18.2 Å². The molecular formula is C24H20N2O3. The van der Waals surface area contributed by atoms with Crippen LogP contribution in [0.2, 0.25) is 0 Å². The van der Waals surface area contributed by atoms with Gasteiger partial charge >= 0.3 is 5.97 Å². The van der Waals surface area contributed by atoms with Crippen molar-refractivity contribution in [3.63, 3.8) is 0 Å². The Bertz CT molecular complexity index is 1070. The highest BCUT2D eigenvalue weighted by molar-refractivity contribution is 6.01. The standard InChI is InChI=1S/C24H20N2O3/c1-17(23(27)26(2)19-11-4-3-5-12-19)29-24(28)22-15-9-8-14-21(22)20-13-7-6-10-18(20)16-25/h3-15,17H,1-2H3/t17-/m1/s1. The van der Waals surface area contributed by atoms with E-state index in [2.05, 4.69) is 6.07 Å². The van der Waals surface area contributed by atoms with Gasteiger partial charge in [-0.2, -0.15) is 5.26 Å². The molecule has 0 heterocycles. The molecule has 1 atom stereocenters. The zero-order valence-corrected chi connectivity index (χ0v) is 16.2. The van der Waals surface area contributed by atoms with Crippen molar-refractivity contribution in [2.24, 2.45) is 0 Å². The van der Waals surface area contributed by atoms with Gasteiger partial charge in [-0.05, 0) is 36.8 Å². The first-order valence-corrected chi connectivity index (χ1v) is 9.15. The van der Waals surface area contributed by atoms with Gasteiger partial charge in [-0.1, -0.05) is 54.6 Å². The van der Waals surface area contributed by atoms with Gasteiger partial charge in [-0.3, -0.25) is 4.79 Å². The minimum atomic E-state index is -0.966. The van der Waals surface area contributed by atoms with Crippen LogP contribution in [0.4, 0.5) is 5.69 Å². The number of nitriles is 1. The highest BCUT2D eigenvalue weighted by Gasteiger charge is 2.24. The predicted molar refractivity (Wildman–Crippen MR) is 111 cm³/mol. The number of hydrogen-bond donors (Lipinski definition) is 0. The van der Waals surface area contributed by atoms with Crippen LogP contribution in [0, 0.1) is 11.3 Å². The van der Waals surface area contributed by atoms with Crippen molar-refractivity contribution in [3.8, 4) is 17.2 Å². The third kappa shape index (κ3) is 4.33. The SMILES string of the molecule is C[C@@H](OC(=O)c1ccccc1-c1ccccc1C#N)C(=O)N(C)c1ccccc1. The van der Waals surface area contributed by atoms with Gasteiger partial charge in [0.05, 0.1) is 17.2 Å². The number of ether oxygens (including phenoxy) is 1. The Balaban J connectivity index is 1.83. The van der Waals surface area contributed by atoms with Gasteiger partial charge in [0.15, 0.2) is 6.10 Å².